The molecule has 1 amide bonds. The maximum atomic E-state index is 13.3. The van der Waals surface area contributed by atoms with Gasteiger partial charge in [0.05, 0.1) is 26.0 Å². The number of nitrogens with one attached hydrogen (secondary N) is 1. The van der Waals surface area contributed by atoms with Crippen LogP contribution in [0.2, 0.25) is 0 Å². The van der Waals surface area contributed by atoms with Crippen molar-refractivity contribution in [1.29, 1.82) is 0 Å². The van der Waals surface area contributed by atoms with E-state index in [-0.39, 0.29) is 24.9 Å². The van der Waals surface area contributed by atoms with Crippen molar-refractivity contribution in [1.82, 2.24) is 15.3 Å². The summed E-state index contributed by atoms with van der Waals surface area (Å²) in [6, 6.07) is 0. The lowest BCUT2D eigenvalue weighted by molar-refractivity contribution is -0.256. The summed E-state index contributed by atoms with van der Waals surface area (Å²) in [6.07, 6.45) is -2.63. The summed E-state index contributed by atoms with van der Waals surface area (Å²) in [7, 11) is 1.73. The van der Waals surface area contributed by atoms with E-state index in [1.54, 1.807) is 0 Å². The lowest BCUT2D eigenvalue weighted by Gasteiger charge is -2.30. The van der Waals surface area contributed by atoms with Crippen molar-refractivity contribution < 1.29 is 53.3 Å². The van der Waals surface area contributed by atoms with Crippen LogP contribution in [0.15, 0.2) is 16.4 Å². The second kappa shape index (κ2) is 15.7. The predicted molar refractivity (Wildman–Crippen MR) is 110 cm³/mol. The molecule has 1 atom stereocenters. The first-order valence-electron chi connectivity index (χ1n) is 8.81. The first-order chi connectivity index (χ1) is 14.7. The molecule has 1 rings (SSSR count). The number of aliphatic imine (C=N–C) groups is 1. The van der Waals surface area contributed by atoms with E-state index in [0.717, 1.165) is 11.4 Å². The van der Waals surface area contributed by atoms with Gasteiger partial charge < -0.3 is 35.4 Å². The molecular weight excluding hydrogens is 465 g/mol. The number of hydrogen-bond donors (Lipinski definition) is 7. The molecule has 32 heavy (non-hydrogen) atoms. The average Bonchev–Trinajstić information content (AvgIpc) is 3.01. The van der Waals surface area contributed by atoms with Gasteiger partial charge in [-0.3, -0.25) is 24.7 Å². The Kier molecular flexibility index (Phi) is 15.7. The van der Waals surface area contributed by atoms with Crippen LogP contribution in [0, 0.1) is 0 Å². The van der Waals surface area contributed by atoms with Crippen molar-refractivity contribution in [2.45, 2.75) is 44.7 Å². The molecule has 1 fully saturated rings. The fourth-order valence-electron chi connectivity index (χ4n) is 2.30. The van der Waals surface area contributed by atoms with Crippen molar-refractivity contribution in [3.05, 3.63) is 11.4 Å². The van der Waals surface area contributed by atoms with Gasteiger partial charge in [-0.1, -0.05) is 25.6 Å². The normalized spacial score (nSPS) is 16.4. The number of thiocarbonyl (C=S) groups is 1. The fraction of sp³-hybridized carbons (Fsp3) is 0.688. The molecule has 1 heterocycles. The topological polar surface area (TPSA) is 179 Å². The number of ether oxygens (including phenoxy) is 1. The Morgan fingerprint density at radius 2 is 1.88 bits per heavy atom. The van der Waals surface area contributed by atoms with Gasteiger partial charge in [-0.25, -0.2) is 13.6 Å². The van der Waals surface area contributed by atoms with Crippen LogP contribution in [0.3, 0.4) is 0 Å². The summed E-state index contributed by atoms with van der Waals surface area (Å²) in [5.41, 5.74) is 1.22. The van der Waals surface area contributed by atoms with Gasteiger partial charge in [0.2, 0.25) is 0 Å². The largest absolute Gasteiger partial charge is 0.444 e. The molecule has 1 saturated heterocycles. The van der Waals surface area contributed by atoms with Crippen LogP contribution >= 0.6 is 12.2 Å². The summed E-state index contributed by atoms with van der Waals surface area (Å²) in [5.74, 6) is -3.35. The van der Waals surface area contributed by atoms with E-state index in [1.165, 1.54) is 11.9 Å². The van der Waals surface area contributed by atoms with E-state index in [9.17, 15) is 18.0 Å². The van der Waals surface area contributed by atoms with Gasteiger partial charge in [0, 0.05) is 7.05 Å². The lowest BCUT2D eigenvalue weighted by Crippen LogP contribution is -2.52. The Morgan fingerprint density at radius 1 is 1.38 bits per heavy atom. The van der Waals surface area contributed by atoms with E-state index in [4.69, 9.17) is 35.4 Å². The van der Waals surface area contributed by atoms with E-state index >= 15 is 0 Å². The van der Waals surface area contributed by atoms with Crippen LogP contribution in [0.5, 0.6) is 0 Å². The molecule has 188 valence electrons. The number of nitrogens with zero attached hydrogens (tertiary/aromatic N) is 3. The number of aliphatic hydroxyl groups excluding tert-OH is 1. The highest BCUT2D eigenvalue weighted by atomic mass is 32.1. The number of hydrazine groups is 1. The number of allylic oxidation sites excluding steroid dienone is 1. The highest BCUT2D eigenvalue weighted by molar-refractivity contribution is 7.80. The number of cyclic esters (lactones) is 1. The molecular formula is C16H29F3N4O8S. The van der Waals surface area contributed by atoms with Gasteiger partial charge in [0.1, 0.15) is 11.8 Å². The van der Waals surface area contributed by atoms with Crippen LogP contribution in [-0.2, 0) is 4.74 Å². The Morgan fingerprint density at radius 3 is 2.25 bits per heavy atom. The molecule has 16 heteroatoms. The molecule has 0 aliphatic carbocycles. The highest BCUT2D eigenvalue weighted by Crippen LogP contribution is 2.22. The van der Waals surface area contributed by atoms with E-state index < -0.39 is 35.7 Å². The molecule has 1 aliphatic heterocycles. The molecule has 0 saturated carbocycles. The molecule has 0 spiro atoms. The molecule has 12 nitrogen and oxygen atoms in total. The third kappa shape index (κ3) is 12.1. The second-order valence-corrected chi connectivity index (χ2v) is 6.36. The highest BCUT2D eigenvalue weighted by Gasteiger charge is 2.34. The Balaban J connectivity index is 0. The summed E-state index contributed by atoms with van der Waals surface area (Å²) in [4.78, 5) is 15.6. The number of rotatable bonds is 9. The summed E-state index contributed by atoms with van der Waals surface area (Å²) >= 11 is 4.57. The van der Waals surface area contributed by atoms with Crippen molar-refractivity contribution in [3.8, 4) is 0 Å². The number of amides is 1. The van der Waals surface area contributed by atoms with Gasteiger partial charge in [0.25, 0.3) is 12.9 Å². The van der Waals surface area contributed by atoms with Crippen molar-refractivity contribution >= 4 is 30.0 Å². The van der Waals surface area contributed by atoms with Gasteiger partial charge in [-0.05, 0) is 13.1 Å². The zero-order valence-corrected chi connectivity index (χ0v) is 18.5. The minimum absolute atomic E-state index is 0.200. The standard InChI is InChI=1S/C14H22F2N4O5S.CH3F.CH4O3/c1-4-5-8-6-20(13(21)25-8)7-9(10(17-2)11(15)16)19(3)18-12(26)14(22,23)24;1-2;2-1(3)4/h8,11,22-24H,2,4-7H2,1,3H3,(H,18,26);1H3;1-4H/b10-9-;;. The molecule has 0 aromatic heterocycles. The van der Waals surface area contributed by atoms with E-state index in [1.807, 2.05) is 6.92 Å². The molecule has 1 aliphatic rings. The Hall–Kier alpha value is -2.08. The minimum atomic E-state index is -3.35. The summed E-state index contributed by atoms with van der Waals surface area (Å²) < 4.78 is 41.2. The Labute approximate surface area is 187 Å². The van der Waals surface area contributed by atoms with Gasteiger partial charge in [-0.2, -0.15) is 0 Å². The molecule has 0 aromatic rings. The summed E-state index contributed by atoms with van der Waals surface area (Å²) in [5, 5.41) is 49.5. The number of likely N-dealkylation sites (N-methyl/N-ethyl adjacent to an activating group) is 1. The van der Waals surface area contributed by atoms with Gasteiger partial charge >= 0.3 is 12.1 Å². The fourth-order valence-corrected chi connectivity index (χ4v) is 2.43. The van der Waals surface area contributed by atoms with E-state index in [0.29, 0.717) is 13.6 Å². The van der Waals surface area contributed by atoms with Crippen LogP contribution in [0.1, 0.15) is 19.8 Å². The average molecular weight is 494 g/mol. The molecule has 0 bridgehead atoms. The number of carbonyl (C=O) groups excluding carboxylic acids is 1. The first kappa shape index (κ1) is 32.1. The van der Waals surface area contributed by atoms with Crippen molar-refractivity contribution in [3.63, 3.8) is 0 Å². The maximum absolute atomic E-state index is 13.3. The third-order valence-corrected chi connectivity index (χ3v) is 3.92. The first-order valence-corrected chi connectivity index (χ1v) is 9.22. The zero-order valence-electron chi connectivity index (χ0n) is 17.7. The van der Waals surface area contributed by atoms with Crippen LogP contribution in [0.4, 0.5) is 18.0 Å². The number of aliphatic hydroxyl groups is 6. The van der Waals surface area contributed by atoms with Gasteiger partial charge in [-0.15, -0.1) is 0 Å². The number of halogens is 3. The molecule has 0 aromatic carbocycles. The summed E-state index contributed by atoms with van der Waals surface area (Å²) in [6.45, 7) is 2.73. The maximum Gasteiger partial charge on any atom is 0.410 e. The number of carbonyl (C=O) groups is 1. The quantitative estimate of drug-likeness (QED) is 0.0906. The van der Waals surface area contributed by atoms with Crippen LogP contribution < -0.4 is 5.43 Å². The third-order valence-electron chi connectivity index (χ3n) is 3.55. The smallest absolute Gasteiger partial charge is 0.410 e. The number of hydrogen-bond acceptors (Lipinski definition) is 11. The zero-order chi connectivity index (χ0) is 25.6. The predicted octanol–water partition coefficient (Wildman–Crippen LogP) is -0.988. The minimum Gasteiger partial charge on any atom is -0.444 e. The lowest BCUT2D eigenvalue weighted by atomic mass is 10.2. The SMILES string of the molecule is C=N/C(=C(/CN1CC(CCC)OC1=O)N(C)NC(=S)C(O)(O)O)C(F)F.CF.OC(O)O. The Bertz CT molecular complexity index is 632. The van der Waals surface area contributed by atoms with Crippen molar-refractivity contribution in [2.24, 2.45) is 4.99 Å². The monoisotopic (exact) mass is 494 g/mol. The van der Waals surface area contributed by atoms with Crippen LogP contribution in [-0.4, -0.2) is 111 Å². The van der Waals surface area contributed by atoms with Gasteiger partial charge in [0.15, 0.2) is 4.99 Å². The molecule has 7 N–H and O–H groups in total. The molecule has 0 radical (unpaired) electrons. The second-order valence-electron chi connectivity index (χ2n) is 5.95. The molecule has 1 unspecified atom stereocenters. The van der Waals surface area contributed by atoms with Crippen molar-refractivity contribution in [2.75, 3.05) is 27.3 Å². The number of alkyl halides is 3. The van der Waals surface area contributed by atoms with Crippen LogP contribution in [0.25, 0.3) is 0 Å². The van der Waals surface area contributed by atoms with E-state index in [2.05, 4.69) is 29.4 Å².